The van der Waals surface area contributed by atoms with E-state index in [4.69, 9.17) is 17.0 Å². The van der Waals surface area contributed by atoms with Gasteiger partial charge in [0.1, 0.15) is 0 Å². The van der Waals surface area contributed by atoms with E-state index in [1.807, 2.05) is 34.9 Å². The second-order valence-electron chi connectivity index (χ2n) is 4.89. The van der Waals surface area contributed by atoms with Gasteiger partial charge in [0.15, 0.2) is 16.3 Å². The van der Waals surface area contributed by atoms with Crippen LogP contribution < -0.4 is 4.74 Å². The van der Waals surface area contributed by atoms with Crippen LogP contribution in [0.3, 0.4) is 0 Å². The molecular formula is C16H15FN2OS. The SMILES string of the molecule is COc1cc2c(cc1F)[nH]c(=S)n2C(C)c1ccccc1. The van der Waals surface area contributed by atoms with Gasteiger partial charge >= 0.3 is 0 Å². The summed E-state index contributed by atoms with van der Waals surface area (Å²) in [4.78, 5) is 3.05. The summed E-state index contributed by atoms with van der Waals surface area (Å²) in [5.74, 6) is -0.189. The molecule has 1 heterocycles. The first-order valence-corrected chi connectivity index (χ1v) is 7.05. The zero-order valence-corrected chi connectivity index (χ0v) is 12.6. The number of halogens is 1. The van der Waals surface area contributed by atoms with Crippen molar-refractivity contribution in [3.8, 4) is 5.75 Å². The largest absolute Gasteiger partial charge is 0.494 e. The zero-order valence-electron chi connectivity index (χ0n) is 11.8. The van der Waals surface area contributed by atoms with Gasteiger partial charge in [-0.2, -0.15) is 0 Å². The van der Waals surface area contributed by atoms with Crippen LogP contribution in [0.15, 0.2) is 42.5 Å². The summed E-state index contributed by atoms with van der Waals surface area (Å²) < 4.78 is 21.4. The molecule has 1 N–H and O–H groups in total. The minimum Gasteiger partial charge on any atom is -0.494 e. The lowest BCUT2D eigenvalue weighted by Crippen LogP contribution is -2.06. The Morgan fingerprint density at radius 2 is 1.95 bits per heavy atom. The first-order valence-electron chi connectivity index (χ1n) is 6.64. The molecule has 1 aromatic heterocycles. The fraction of sp³-hybridized carbons (Fsp3) is 0.188. The predicted octanol–water partition coefficient (Wildman–Crippen LogP) is 4.46. The highest BCUT2D eigenvalue weighted by Gasteiger charge is 2.15. The van der Waals surface area contributed by atoms with Crippen LogP contribution in [0.1, 0.15) is 18.5 Å². The molecule has 0 aliphatic rings. The van der Waals surface area contributed by atoms with E-state index in [0.717, 1.165) is 11.1 Å². The van der Waals surface area contributed by atoms with Crippen molar-refractivity contribution in [2.45, 2.75) is 13.0 Å². The van der Waals surface area contributed by atoms with Crippen molar-refractivity contribution in [3.63, 3.8) is 0 Å². The molecule has 0 spiro atoms. The smallest absolute Gasteiger partial charge is 0.178 e. The van der Waals surface area contributed by atoms with Gasteiger partial charge in [0.2, 0.25) is 0 Å². The molecule has 5 heteroatoms. The normalized spacial score (nSPS) is 12.5. The summed E-state index contributed by atoms with van der Waals surface area (Å²) in [5.41, 5.74) is 2.63. The Morgan fingerprint density at radius 1 is 1.24 bits per heavy atom. The molecule has 1 unspecified atom stereocenters. The molecular weight excluding hydrogens is 287 g/mol. The molecule has 0 fully saturated rings. The highest BCUT2D eigenvalue weighted by Crippen LogP contribution is 2.29. The average molecular weight is 302 g/mol. The van der Waals surface area contributed by atoms with Crippen LogP contribution in [0, 0.1) is 10.6 Å². The van der Waals surface area contributed by atoms with Crippen LogP contribution in [-0.4, -0.2) is 16.7 Å². The Balaban J connectivity index is 2.22. The average Bonchev–Trinajstić information content (AvgIpc) is 2.81. The Bertz CT molecular complexity index is 839. The molecule has 0 amide bonds. The van der Waals surface area contributed by atoms with E-state index in [-0.39, 0.29) is 11.8 Å². The Morgan fingerprint density at radius 3 is 2.62 bits per heavy atom. The van der Waals surface area contributed by atoms with Crippen LogP contribution in [-0.2, 0) is 0 Å². The van der Waals surface area contributed by atoms with Crippen molar-refractivity contribution in [2.24, 2.45) is 0 Å². The number of benzene rings is 2. The maximum absolute atomic E-state index is 13.8. The fourth-order valence-corrected chi connectivity index (χ4v) is 2.91. The van der Waals surface area contributed by atoms with Crippen LogP contribution in [0.4, 0.5) is 4.39 Å². The van der Waals surface area contributed by atoms with Crippen molar-refractivity contribution in [2.75, 3.05) is 7.11 Å². The highest BCUT2D eigenvalue weighted by atomic mass is 32.1. The Kier molecular flexibility index (Phi) is 3.51. The van der Waals surface area contributed by atoms with Gasteiger partial charge in [0.25, 0.3) is 0 Å². The van der Waals surface area contributed by atoms with E-state index in [1.54, 1.807) is 6.07 Å². The summed E-state index contributed by atoms with van der Waals surface area (Å²) in [7, 11) is 1.45. The number of aromatic nitrogens is 2. The number of ether oxygens (including phenoxy) is 1. The second kappa shape index (κ2) is 5.33. The third-order valence-electron chi connectivity index (χ3n) is 3.66. The highest BCUT2D eigenvalue weighted by molar-refractivity contribution is 7.71. The summed E-state index contributed by atoms with van der Waals surface area (Å²) in [6.45, 7) is 2.06. The predicted molar refractivity (Wildman–Crippen MR) is 83.9 cm³/mol. The maximum atomic E-state index is 13.8. The van der Waals surface area contributed by atoms with Crippen molar-refractivity contribution in [1.82, 2.24) is 9.55 Å². The summed E-state index contributed by atoms with van der Waals surface area (Å²) in [6, 6.07) is 13.2. The molecule has 0 aliphatic carbocycles. The Labute approximate surface area is 127 Å². The van der Waals surface area contributed by atoms with E-state index < -0.39 is 5.82 Å². The second-order valence-corrected chi connectivity index (χ2v) is 5.28. The topological polar surface area (TPSA) is 29.9 Å². The molecule has 3 aromatic rings. The summed E-state index contributed by atoms with van der Waals surface area (Å²) in [5, 5.41) is 0. The van der Waals surface area contributed by atoms with Crippen LogP contribution in [0.25, 0.3) is 11.0 Å². The van der Waals surface area contributed by atoms with Crippen molar-refractivity contribution in [1.29, 1.82) is 0 Å². The minimum absolute atomic E-state index is 0.0441. The molecule has 0 saturated carbocycles. The van der Waals surface area contributed by atoms with E-state index in [9.17, 15) is 4.39 Å². The molecule has 0 bridgehead atoms. The number of nitrogens with one attached hydrogen (secondary N) is 1. The maximum Gasteiger partial charge on any atom is 0.178 e. The number of nitrogens with zero attached hydrogens (tertiary/aromatic N) is 1. The lowest BCUT2D eigenvalue weighted by Gasteiger charge is -2.15. The van der Waals surface area contributed by atoms with Gasteiger partial charge < -0.3 is 14.3 Å². The number of hydrogen-bond donors (Lipinski definition) is 1. The third-order valence-corrected chi connectivity index (χ3v) is 3.96. The molecule has 21 heavy (non-hydrogen) atoms. The fourth-order valence-electron chi connectivity index (χ4n) is 2.55. The molecule has 1 atom stereocenters. The van der Waals surface area contributed by atoms with Gasteiger partial charge in [-0.25, -0.2) is 4.39 Å². The lowest BCUT2D eigenvalue weighted by atomic mass is 10.1. The monoisotopic (exact) mass is 302 g/mol. The molecule has 0 radical (unpaired) electrons. The van der Waals surface area contributed by atoms with Crippen LogP contribution >= 0.6 is 12.2 Å². The molecule has 108 valence electrons. The van der Waals surface area contributed by atoms with Gasteiger partial charge in [0, 0.05) is 12.1 Å². The van der Waals surface area contributed by atoms with Gasteiger partial charge in [0.05, 0.1) is 24.2 Å². The number of methoxy groups -OCH3 is 1. The number of H-pyrrole nitrogens is 1. The number of aromatic amines is 1. The van der Waals surface area contributed by atoms with Gasteiger partial charge in [-0.15, -0.1) is 0 Å². The molecule has 2 aromatic carbocycles. The quantitative estimate of drug-likeness (QED) is 0.724. The number of imidazole rings is 1. The minimum atomic E-state index is -0.402. The van der Waals surface area contributed by atoms with Crippen molar-refractivity contribution in [3.05, 3.63) is 58.6 Å². The van der Waals surface area contributed by atoms with E-state index in [0.29, 0.717) is 10.3 Å². The van der Waals surface area contributed by atoms with E-state index in [2.05, 4.69) is 11.9 Å². The molecule has 3 rings (SSSR count). The number of rotatable bonds is 3. The standard InChI is InChI=1S/C16H15FN2OS/c1-10(11-6-4-3-5-7-11)19-14-9-15(20-2)12(17)8-13(14)18-16(19)21/h3-10H,1-2H3,(H,18,21). The number of fused-ring (bicyclic) bond motifs is 1. The van der Waals surface area contributed by atoms with Crippen LogP contribution in [0.2, 0.25) is 0 Å². The van der Waals surface area contributed by atoms with Gasteiger partial charge in [-0.05, 0) is 24.7 Å². The van der Waals surface area contributed by atoms with Crippen LogP contribution in [0.5, 0.6) is 5.75 Å². The molecule has 3 nitrogen and oxygen atoms in total. The van der Waals surface area contributed by atoms with E-state index >= 15 is 0 Å². The molecule has 0 aliphatic heterocycles. The lowest BCUT2D eigenvalue weighted by molar-refractivity contribution is 0.387. The summed E-state index contributed by atoms with van der Waals surface area (Å²) in [6.07, 6.45) is 0. The third kappa shape index (κ3) is 2.34. The summed E-state index contributed by atoms with van der Waals surface area (Å²) >= 11 is 5.40. The van der Waals surface area contributed by atoms with Crippen molar-refractivity contribution < 1.29 is 9.13 Å². The van der Waals surface area contributed by atoms with Gasteiger partial charge in [-0.1, -0.05) is 30.3 Å². The van der Waals surface area contributed by atoms with Gasteiger partial charge in [-0.3, -0.25) is 0 Å². The van der Waals surface area contributed by atoms with Crippen molar-refractivity contribution >= 4 is 23.3 Å². The first-order chi connectivity index (χ1) is 10.1. The first kappa shape index (κ1) is 13.8. The molecule has 0 saturated heterocycles. The Hall–Kier alpha value is -2.14. The number of hydrogen-bond acceptors (Lipinski definition) is 2. The zero-order chi connectivity index (χ0) is 15.0. The van der Waals surface area contributed by atoms with E-state index in [1.165, 1.54) is 13.2 Å².